The summed E-state index contributed by atoms with van der Waals surface area (Å²) in [5.74, 6) is -1.22. The number of aliphatic hydroxyl groups is 5. The lowest BCUT2D eigenvalue weighted by Crippen LogP contribution is -2.61. The molecule has 8 atom stereocenters. The summed E-state index contributed by atoms with van der Waals surface area (Å²) in [4.78, 5) is 26.5. The van der Waals surface area contributed by atoms with Gasteiger partial charge in [-0.05, 0) is 96.3 Å². The lowest BCUT2D eigenvalue weighted by Gasteiger charge is -2.41. The molecule has 0 saturated carbocycles. The molecule has 1 aliphatic rings. The first-order valence-electron chi connectivity index (χ1n) is 31.9. The molecule has 0 aromatic heterocycles. The van der Waals surface area contributed by atoms with Crippen molar-refractivity contribution in [3.63, 3.8) is 0 Å². The largest absolute Gasteiger partial charge is 0.454 e. The highest BCUT2D eigenvalue weighted by atomic mass is 16.7. The summed E-state index contributed by atoms with van der Waals surface area (Å²) in [7, 11) is 0. The molecule has 1 heterocycles. The molecular weight excluding hydrogens is 979 g/mol. The molecule has 8 unspecified atom stereocenters. The van der Waals surface area contributed by atoms with Gasteiger partial charge in [0.15, 0.2) is 12.4 Å². The molecule has 1 amide bonds. The normalized spacial score (nSPS) is 19.5. The van der Waals surface area contributed by atoms with Crippen molar-refractivity contribution in [1.82, 2.24) is 5.32 Å². The average molecular weight is 1100 g/mol. The molecule has 1 aliphatic heterocycles. The van der Waals surface area contributed by atoms with Crippen LogP contribution in [0.3, 0.4) is 0 Å². The highest BCUT2D eigenvalue weighted by molar-refractivity contribution is 5.80. The summed E-state index contributed by atoms with van der Waals surface area (Å²) in [6.07, 6.45) is 60.6. The van der Waals surface area contributed by atoms with Crippen molar-refractivity contribution in [1.29, 1.82) is 0 Å². The molecule has 1 saturated heterocycles. The van der Waals surface area contributed by atoms with Crippen molar-refractivity contribution < 1.29 is 49.3 Å². The molecule has 0 aromatic carbocycles. The summed E-state index contributed by atoms with van der Waals surface area (Å²) in [6.45, 7) is 5.65. The van der Waals surface area contributed by atoms with Gasteiger partial charge in [0.25, 0.3) is 0 Å². The van der Waals surface area contributed by atoms with Crippen LogP contribution >= 0.6 is 0 Å². The molecular formula is C67H117NO10. The van der Waals surface area contributed by atoms with Gasteiger partial charge in [0.05, 0.1) is 25.4 Å². The second-order valence-electron chi connectivity index (χ2n) is 21.8. The number of carbonyl (C=O) groups is 2. The molecule has 0 aliphatic carbocycles. The van der Waals surface area contributed by atoms with Crippen molar-refractivity contribution in [3.05, 3.63) is 85.1 Å². The Bertz CT molecular complexity index is 1590. The molecule has 11 heteroatoms. The van der Waals surface area contributed by atoms with E-state index >= 15 is 0 Å². The predicted octanol–water partition coefficient (Wildman–Crippen LogP) is 15.3. The van der Waals surface area contributed by atoms with Crippen molar-refractivity contribution in [2.45, 2.75) is 314 Å². The zero-order chi connectivity index (χ0) is 56.8. The second kappa shape index (κ2) is 54.4. The summed E-state index contributed by atoms with van der Waals surface area (Å²) >= 11 is 0. The van der Waals surface area contributed by atoms with Crippen LogP contribution in [-0.2, 0) is 23.8 Å². The monoisotopic (exact) mass is 1100 g/mol. The van der Waals surface area contributed by atoms with Crippen LogP contribution in [0.5, 0.6) is 0 Å². The maximum atomic E-state index is 13.4. The Kier molecular flexibility index (Phi) is 50.8. The number of unbranched alkanes of at least 4 members (excludes halogenated alkanes) is 27. The summed E-state index contributed by atoms with van der Waals surface area (Å²) in [6, 6.07) is -1.03. The second-order valence-corrected chi connectivity index (χ2v) is 21.8. The van der Waals surface area contributed by atoms with Crippen LogP contribution in [0.4, 0.5) is 0 Å². The number of allylic oxidation sites excluding steroid dienone is 13. The Balaban J connectivity index is 2.60. The molecule has 78 heavy (non-hydrogen) atoms. The van der Waals surface area contributed by atoms with Gasteiger partial charge in [0.2, 0.25) is 5.91 Å². The Hall–Kier alpha value is -3.16. The number of hydrogen-bond donors (Lipinski definition) is 6. The van der Waals surface area contributed by atoms with Crippen molar-refractivity contribution in [2.24, 2.45) is 0 Å². The summed E-state index contributed by atoms with van der Waals surface area (Å²) in [5, 5.41) is 56.9. The van der Waals surface area contributed by atoms with Crippen LogP contribution in [-0.4, -0.2) is 99.6 Å². The molecule has 0 aromatic rings. The molecule has 1 fully saturated rings. The third kappa shape index (κ3) is 41.8. The van der Waals surface area contributed by atoms with Gasteiger partial charge in [-0.15, -0.1) is 0 Å². The molecule has 11 nitrogen and oxygen atoms in total. The average Bonchev–Trinajstić information content (AvgIpc) is 3.44. The van der Waals surface area contributed by atoms with Gasteiger partial charge in [0.1, 0.15) is 24.4 Å². The van der Waals surface area contributed by atoms with Gasteiger partial charge in [-0.3, -0.25) is 9.59 Å². The molecule has 0 spiro atoms. The highest BCUT2D eigenvalue weighted by Gasteiger charge is 2.47. The smallest absolute Gasteiger partial charge is 0.306 e. The third-order valence-corrected chi connectivity index (χ3v) is 14.5. The Morgan fingerprint density at radius 2 is 0.923 bits per heavy atom. The molecule has 6 N–H and O–H groups in total. The van der Waals surface area contributed by atoms with E-state index in [0.29, 0.717) is 12.8 Å². The lowest BCUT2D eigenvalue weighted by atomic mass is 9.99. The first-order chi connectivity index (χ1) is 38.2. The molecule has 1 rings (SSSR count). The van der Waals surface area contributed by atoms with E-state index in [1.807, 2.05) is 6.08 Å². The van der Waals surface area contributed by atoms with E-state index in [1.54, 1.807) is 6.08 Å². The number of aliphatic hydroxyl groups excluding tert-OH is 5. The van der Waals surface area contributed by atoms with Gasteiger partial charge >= 0.3 is 5.97 Å². The van der Waals surface area contributed by atoms with Gasteiger partial charge < -0.3 is 45.1 Å². The first-order valence-corrected chi connectivity index (χ1v) is 31.9. The van der Waals surface area contributed by atoms with Crippen LogP contribution in [0.2, 0.25) is 0 Å². The fourth-order valence-electron chi connectivity index (χ4n) is 9.50. The minimum atomic E-state index is -1.62. The van der Waals surface area contributed by atoms with Crippen LogP contribution in [0.15, 0.2) is 85.1 Å². The van der Waals surface area contributed by atoms with Crippen LogP contribution in [0.25, 0.3) is 0 Å². The summed E-state index contributed by atoms with van der Waals surface area (Å²) in [5.41, 5.74) is 0. The number of esters is 1. The maximum Gasteiger partial charge on any atom is 0.306 e. The van der Waals surface area contributed by atoms with E-state index in [2.05, 4.69) is 99.0 Å². The van der Waals surface area contributed by atoms with E-state index < -0.39 is 67.4 Å². The zero-order valence-corrected chi connectivity index (χ0v) is 49.8. The van der Waals surface area contributed by atoms with Gasteiger partial charge in [0, 0.05) is 6.42 Å². The SMILES string of the molecule is CC/C=C\C/C=C\C/C=C\C/C=C\C/C=C\CCCCCCCCCCCC(=O)OC1C(OCC(NC(=O)C(O)CCCC/C=C\CCCCCCCCC)C(O)/C=C/CCCCCCCCCCC)OC(CO)C(O)C1O. The number of hydrogen-bond acceptors (Lipinski definition) is 10. The lowest BCUT2D eigenvalue weighted by molar-refractivity contribution is -0.305. The quantitative estimate of drug-likeness (QED) is 0.0195. The predicted molar refractivity (Wildman–Crippen MR) is 324 cm³/mol. The van der Waals surface area contributed by atoms with Crippen LogP contribution in [0.1, 0.15) is 265 Å². The topological polar surface area (TPSA) is 175 Å². The number of ether oxygens (including phenoxy) is 3. The minimum absolute atomic E-state index is 0.111. The standard InChI is InChI=1S/C67H117NO10/c1-4-7-10-13-16-19-22-24-25-26-27-28-29-30-31-32-33-34-35-37-40-43-46-49-52-55-62(72)78-65-64(74)63(73)61(56-69)77-67(65)76-57-58(59(70)53-50-47-44-41-38-21-18-15-12-9-6-3)68-66(75)60(71)54-51-48-45-42-39-36-23-20-17-14-11-8-5-2/h7,10,16,19,24-25,27-28,30-31,39,42,50,53,58-61,63-65,67,69-71,73-74H,4-6,8-9,11-15,17-18,20-23,26,29,32-38,40-41,43-49,51-52,54-57H2,1-3H3,(H,68,75)/b10-7-,19-16-,25-24-,28-27-,31-30-,42-39-,53-50+. The fourth-order valence-corrected chi connectivity index (χ4v) is 9.50. The van der Waals surface area contributed by atoms with Crippen LogP contribution in [0, 0.1) is 0 Å². The van der Waals surface area contributed by atoms with Gasteiger partial charge in [-0.1, -0.05) is 247 Å². The van der Waals surface area contributed by atoms with Gasteiger partial charge in [-0.25, -0.2) is 0 Å². The Labute approximate surface area is 476 Å². The van der Waals surface area contributed by atoms with Crippen LogP contribution < -0.4 is 5.32 Å². The van der Waals surface area contributed by atoms with Crippen molar-refractivity contribution >= 4 is 11.9 Å². The number of amides is 1. The Morgan fingerprint density at radius 1 is 0.513 bits per heavy atom. The number of rotatable bonds is 53. The minimum Gasteiger partial charge on any atom is -0.454 e. The van der Waals surface area contributed by atoms with E-state index in [9.17, 15) is 35.1 Å². The Morgan fingerprint density at radius 3 is 1.40 bits per heavy atom. The molecule has 0 radical (unpaired) electrons. The number of nitrogens with one attached hydrogen (secondary N) is 1. The van der Waals surface area contributed by atoms with Gasteiger partial charge in [-0.2, -0.15) is 0 Å². The van der Waals surface area contributed by atoms with E-state index in [-0.39, 0.29) is 19.4 Å². The molecule has 450 valence electrons. The van der Waals surface area contributed by atoms with Crippen molar-refractivity contribution in [2.75, 3.05) is 13.2 Å². The number of carbonyl (C=O) groups excluding carboxylic acids is 2. The first kappa shape index (κ1) is 72.9. The van der Waals surface area contributed by atoms with E-state index in [1.165, 1.54) is 116 Å². The highest BCUT2D eigenvalue weighted by Crippen LogP contribution is 2.26. The van der Waals surface area contributed by atoms with E-state index in [4.69, 9.17) is 14.2 Å². The van der Waals surface area contributed by atoms with Crippen molar-refractivity contribution in [3.8, 4) is 0 Å². The fraction of sp³-hybridized carbons (Fsp3) is 0.761. The zero-order valence-electron chi connectivity index (χ0n) is 49.8. The third-order valence-electron chi connectivity index (χ3n) is 14.5. The summed E-state index contributed by atoms with van der Waals surface area (Å²) < 4.78 is 17.6. The maximum absolute atomic E-state index is 13.4. The van der Waals surface area contributed by atoms with E-state index in [0.717, 1.165) is 103 Å². The molecule has 0 bridgehead atoms.